The van der Waals surface area contributed by atoms with E-state index >= 15 is 0 Å². The zero-order valence-electron chi connectivity index (χ0n) is 4.49. The topological polar surface area (TPSA) is 87.0 Å². The van der Waals surface area contributed by atoms with Crippen molar-refractivity contribution in [2.75, 3.05) is 0 Å². The quantitative estimate of drug-likeness (QED) is 0.439. The summed E-state index contributed by atoms with van der Waals surface area (Å²) >= 11 is 0. The summed E-state index contributed by atoms with van der Waals surface area (Å²) in [5.74, 6) is -2.58. The molecule has 0 amide bonds. The third-order valence-corrected chi connectivity index (χ3v) is 0.502. The Kier molecular flexibility index (Phi) is 2.70. The molecule has 0 radical (unpaired) electrons. The fourth-order valence-corrected chi connectivity index (χ4v) is 0.183. The molecule has 0 heterocycles. The van der Waals surface area contributed by atoms with E-state index in [-0.39, 0.29) is 0 Å². The Morgan fingerprint density at radius 3 is 2.00 bits per heavy atom. The summed E-state index contributed by atoms with van der Waals surface area (Å²) in [5.41, 5.74) is 0. The molecule has 0 fully saturated rings. The highest BCUT2D eigenvalue weighted by atomic mass is 19.3. The fourth-order valence-electron chi connectivity index (χ4n) is 0.183. The van der Waals surface area contributed by atoms with E-state index in [1.165, 1.54) is 0 Å². The van der Waals surface area contributed by atoms with Crippen LogP contribution in [0.25, 0.3) is 0 Å². The van der Waals surface area contributed by atoms with Crippen molar-refractivity contribution in [2.24, 2.45) is 0 Å². The molecule has 0 aliphatic heterocycles. The summed E-state index contributed by atoms with van der Waals surface area (Å²) in [6.07, 6.45) is -4.56. The standard InChI is InChI=1S/C2H3BF2O5/c4-2(5,1(6)7)10-3(8)9/h8-9H,(H,6,7). The lowest BCUT2D eigenvalue weighted by molar-refractivity contribution is -0.220. The van der Waals surface area contributed by atoms with Crippen molar-refractivity contribution >= 4 is 13.3 Å². The summed E-state index contributed by atoms with van der Waals surface area (Å²) in [7, 11) is -2.80. The predicted octanol–water partition coefficient (Wildman–Crippen LogP) is -1.35. The van der Waals surface area contributed by atoms with Gasteiger partial charge in [0.15, 0.2) is 0 Å². The molecule has 0 aliphatic rings. The molecular weight excluding hydrogens is 153 g/mol. The number of alkyl halides is 2. The van der Waals surface area contributed by atoms with Crippen LogP contribution in [0.3, 0.4) is 0 Å². The Labute approximate surface area is 54.0 Å². The summed E-state index contributed by atoms with van der Waals surface area (Å²) in [5, 5.41) is 23.0. The first kappa shape index (κ1) is 9.27. The predicted molar refractivity (Wildman–Crippen MR) is 23.9 cm³/mol. The van der Waals surface area contributed by atoms with E-state index in [2.05, 4.69) is 4.65 Å². The normalized spacial score (nSPS) is 11.2. The van der Waals surface area contributed by atoms with Crippen molar-refractivity contribution < 1.29 is 33.4 Å². The molecular formula is C2H3BF2O5. The van der Waals surface area contributed by atoms with Crippen LogP contribution in [-0.2, 0) is 9.45 Å². The Hall–Kier alpha value is -0.725. The minimum absolute atomic E-state index is 2.58. The summed E-state index contributed by atoms with van der Waals surface area (Å²) < 4.78 is 26.2. The van der Waals surface area contributed by atoms with Crippen molar-refractivity contribution in [3.63, 3.8) is 0 Å². The van der Waals surface area contributed by atoms with Gasteiger partial charge in [0, 0.05) is 0 Å². The first-order chi connectivity index (χ1) is 4.36. The molecule has 0 saturated carbocycles. The van der Waals surface area contributed by atoms with Gasteiger partial charge in [-0.05, 0) is 0 Å². The average Bonchev–Trinajstić information content (AvgIpc) is 1.60. The molecule has 5 nitrogen and oxygen atoms in total. The second-order valence-corrected chi connectivity index (χ2v) is 1.27. The molecule has 0 atom stereocenters. The molecule has 0 unspecified atom stereocenters. The SMILES string of the molecule is O=C(O)C(F)(F)OB(O)O. The highest BCUT2D eigenvalue weighted by Gasteiger charge is 2.44. The van der Waals surface area contributed by atoms with Crippen LogP contribution in [0.5, 0.6) is 0 Å². The number of hydrogen-bond donors (Lipinski definition) is 3. The number of halogens is 2. The highest BCUT2D eigenvalue weighted by Crippen LogP contribution is 2.14. The number of carboxylic acid groups (broad SMARTS) is 1. The van der Waals surface area contributed by atoms with Gasteiger partial charge >= 0.3 is 19.4 Å². The summed E-state index contributed by atoms with van der Waals surface area (Å²) in [4.78, 5) is 9.46. The van der Waals surface area contributed by atoms with Gasteiger partial charge in [-0.1, -0.05) is 0 Å². The Morgan fingerprint density at radius 1 is 1.50 bits per heavy atom. The average molecular weight is 156 g/mol. The fraction of sp³-hybridized carbons (Fsp3) is 0.500. The largest absolute Gasteiger partial charge is 0.638 e. The number of rotatable bonds is 3. The monoisotopic (exact) mass is 156 g/mol. The van der Waals surface area contributed by atoms with Gasteiger partial charge in [0.05, 0.1) is 0 Å². The minimum Gasteiger partial charge on any atom is -0.475 e. The molecule has 10 heavy (non-hydrogen) atoms. The number of hydrogen-bond acceptors (Lipinski definition) is 4. The maximum Gasteiger partial charge on any atom is 0.638 e. The smallest absolute Gasteiger partial charge is 0.475 e. The Bertz CT molecular complexity index is 136. The molecule has 0 aromatic heterocycles. The van der Waals surface area contributed by atoms with Gasteiger partial charge in [0.25, 0.3) is 0 Å². The molecule has 0 aromatic carbocycles. The van der Waals surface area contributed by atoms with Crippen LogP contribution in [0.15, 0.2) is 0 Å². The van der Waals surface area contributed by atoms with Crippen molar-refractivity contribution in [1.82, 2.24) is 0 Å². The van der Waals surface area contributed by atoms with E-state index in [9.17, 15) is 13.6 Å². The maximum atomic E-state index is 11.7. The van der Waals surface area contributed by atoms with Gasteiger partial charge in [0.1, 0.15) is 0 Å². The Balaban J connectivity index is 4.00. The molecule has 8 heteroatoms. The lowest BCUT2D eigenvalue weighted by atomic mass is 10.2. The number of aliphatic carboxylic acids is 1. The van der Waals surface area contributed by atoms with Crippen LogP contribution in [0.1, 0.15) is 0 Å². The lowest BCUT2D eigenvalue weighted by Gasteiger charge is -2.09. The third-order valence-electron chi connectivity index (χ3n) is 0.502. The molecule has 0 saturated heterocycles. The number of carboxylic acids is 1. The van der Waals surface area contributed by atoms with Crippen LogP contribution >= 0.6 is 0 Å². The van der Waals surface area contributed by atoms with Crippen LogP contribution in [0.4, 0.5) is 8.78 Å². The van der Waals surface area contributed by atoms with Gasteiger partial charge in [-0.25, -0.2) is 4.79 Å². The second kappa shape index (κ2) is 2.91. The molecule has 58 valence electrons. The number of carbonyl (C=O) groups is 1. The molecule has 0 aromatic rings. The van der Waals surface area contributed by atoms with E-state index in [1.807, 2.05) is 0 Å². The highest BCUT2D eigenvalue weighted by molar-refractivity contribution is 6.33. The maximum absolute atomic E-state index is 11.7. The summed E-state index contributed by atoms with van der Waals surface area (Å²) in [6.45, 7) is 0. The first-order valence-electron chi connectivity index (χ1n) is 2.01. The van der Waals surface area contributed by atoms with Gasteiger partial charge in [0.2, 0.25) is 0 Å². The molecule has 3 N–H and O–H groups in total. The van der Waals surface area contributed by atoms with E-state index in [4.69, 9.17) is 15.2 Å². The van der Waals surface area contributed by atoms with Crippen molar-refractivity contribution in [2.45, 2.75) is 6.11 Å². The zero-order valence-corrected chi connectivity index (χ0v) is 4.49. The van der Waals surface area contributed by atoms with Gasteiger partial charge in [-0.15, -0.1) is 0 Å². The van der Waals surface area contributed by atoms with Gasteiger partial charge in [-0.2, -0.15) is 8.78 Å². The van der Waals surface area contributed by atoms with Crippen LogP contribution < -0.4 is 0 Å². The van der Waals surface area contributed by atoms with Crippen molar-refractivity contribution in [1.29, 1.82) is 0 Å². The molecule has 0 bridgehead atoms. The Morgan fingerprint density at radius 2 is 1.90 bits per heavy atom. The zero-order chi connectivity index (χ0) is 8.36. The summed E-state index contributed by atoms with van der Waals surface area (Å²) in [6, 6.07) is 0. The van der Waals surface area contributed by atoms with Gasteiger partial charge < -0.3 is 19.8 Å². The van der Waals surface area contributed by atoms with Crippen LogP contribution in [-0.4, -0.2) is 34.6 Å². The van der Waals surface area contributed by atoms with E-state index in [0.29, 0.717) is 0 Å². The first-order valence-corrected chi connectivity index (χ1v) is 2.01. The van der Waals surface area contributed by atoms with Crippen LogP contribution in [0.2, 0.25) is 0 Å². The van der Waals surface area contributed by atoms with E-state index in [0.717, 1.165) is 0 Å². The minimum atomic E-state index is -4.56. The third kappa shape index (κ3) is 2.71. The molecule has 0 aliphatic carbocycles. The van der Waals surface area contributed by atoms with Crippen molar-refractivity contribution in [3.8, 4) is 0 Å². The molecule has 0 spiro atoms. The second-order valence-electron chi connectivity index (χ2n) is 1.27. The van der Waals surface area contributed by atoms with Gasteiger partial charge in [-0.3, -0.25) is 0 Å². The van der Waals surface area contributed by atoms with Crippen LogP contribution in [0, 0.1) is 0 Å². The van der Waals surface area contributed by atoms with E-state index in [1.54, 1.807) is 0 Å². The van der Waals surface area contributed by atoms with E-state index < -0.39 is 19.4 Å². The lowest BCUT2D eigenvalue weighted by Crippen LogP contribution is -2.38. The molecule has 0 rings (SSSR count). The van der Waals surface area contributed by atoms with Crippen molar-refractivity contribution in [3.05, 3.63) is 0 Å².